The fraction of sp³-hybridized carbons (Fsp3) is 1.00. The lowest BCUT2D eigenvalue weighted by Crippen LogP contribution is -2.23. The first-order chi connectivity index (χ1) is 8.35. The van der Waals surface area contributed by atoms with Gasteiger partial charge < -0.3 is 11.1 Å². The second kappa shape index (κ2) is 14.0. The third-order valence-corrected chi connectivity index (χ3v) is 3.53. The van der Waals surface area contributed by atoms with E-state index in [-0.39, 0.29) is 0 Å². The van der Waals surface area contributed by atoms with Gasteiger partial charge in [-0.1, -0.05) is 52.4 Å². The molecule has 17 heavy (non-hydrogen) atoms. The van der Waals surface area contributed by atoms with Gasteiger partial charge in [0.2, 0.25) is 0 Å². The van der Waals surface area contributed by atoms with Crippen molar-refractivity contribution in [3.63, 3.8) is 0 Å². The largest absolute Gasteiger partial charge is 0.330 e. The Bertz CT molecular complexity index is 137. The number of nitrogens with one attached hydrogen (secondary N) is 1. The van der Waals surface area contributed by atoms with E-state index >= 15 is 0 Å². The molecule has 1 atom stereocenters. The molecule has 104 valence electrons. The second-order valence-electron chi connectivity index (χ2n) is 5.18. The molecule has 0 radical (unpaired) electrons. The Balaban J connectivity index is 3.19. The maximum absolute atomic E-state index is 5.47. The fourth-order valence-corrected chi connectivity index (χ4v) is 2.17. The van der Waals surface area contributed by atoms with E-state index in [0.717, 1.165) is 12.5 Å². The van der Waals surface area contributed by atoms with Crippen molar-refractivity contribution in [3.05, 3.63) is 0 Å². The molecule has 0 aromatic carbocycles. The molecule has 0 saturated heterocycles. The summed E-state index contributed by atoms with van der Waals surface area (Å²) < 4.78 is 0. The lowest BCUT2D eigenvalue weighted by Gasteiger charge is -2.15. The van der Waals surface area contributed by atoms with Crippen molar-refractivity contribution in [1.29, 1.82) is 0 Å². The van der Waals surface area contributed by atoms with Gasteiger partial charge in [0, 0.05) is 0 Å². The fourth-order valence-electron chi connectivity index (χ4n) is 2.17. The summed E-state index contributed by atoms with van der Waals surface area (Å²) in [5.74, 6) is 0.896. The van der Waals surface area contributed by atoms with Gasteiger partial charge in [-0.2, -0.15) is 0 Å². The van der Waals surface area contributed by atoms with Gasteiger partial charge in [0.25, 0.3) is 0 Å². The summed E-state index contributed by atoms with van der Waals surface area (Å²) in [6.07, 6.45) is 12.0. The van der Waals surface area contributed by atoms with Crippen LogP contribution in [0.15, 0.2) is 0 Å². The van der Waals surface area contributed by atoms with Gasteiger partial charge in [-0.25, -0.2) is 0 Å². The third kappa shape index (κ3) is 12.2. The molecule has 0 aromatic heterocycles. The molecule has 0 fully saturated rings. The predicted molar refractivity (Wildman–Crippen MR) is 78.3 cm³/mol. The summed E-state index contributed by atoms with van der Waals surface area (Å²) in [5.41, 5.74) is 5.47. The Morgan fingerprint density at radius 3 is 2.29 bits per heavy atom. The molecular weight excluding hydrogens is 208 g/mol. The van der Waals surface area contributed by atoms with E-state index in [9.17, 15) is 0 Å². The van der Waals surface area contributed by atoms with Gasteiger partial charge in [0.15, 0.2) is 0 Å². The zero-order valence-corrected chi connectivity index (χ0v) is 12.1. The lowest BCUT2D eigenvalue weighted by atomic mass is 9.99. The smallest absolute Gasteiger partial charge is 0.00206 e. The van der Waals surface area contributed by atoms with Gasteiger partial charge in [-0.05, 0) is 44.8 Å². The Hall–Kier alpha value is -0.0800. The Kier molecular flexibility index (Phi) is 13.9. The molecule has 0 spiro atoms. The molecule has 0 heterocycles. The van der Waals surface area contributed by atoms with E-state index in [2.05, 4.69) is 19.2 Å². The van der Waals surface area contributed by atoms with Crippen molar-refractivity contribution in [1.82, 2.24) is 5.32 Å². The van der Waals surface area contributed by atoms with Gasteiger partial charge >= 0.3 is 0 Å². The maximum Gasteiger partial charge on any atom is -0.00206 e. The van der Waals surface area contributed by atoms with E-state index in [0.29, 0.717) is 0 Å². The van der Waals surface area contributed by atoms with Crippen LogP contribution in [0.25, 0.3) is 0 Å². The number of hydrogen-bond acceptors (Lipinski definition) is 2. The minimum absolute atomic E-state index is 0.855. The first-order valence-corrected chi connectivity index (χ1v) is 7.75. The average molecular weight is 242 g/mol. The SMILES string of the molecule is CCCCC(CC)CNCCCCCCCN. The predicted octanol–water partition coefficient (Wildman–Crippen LogP) is 3.70. The Morgan fingerprint density at radius 1 is 0.941 bits per heavy atom. The molecule has 0 aliphatic rings. The summed E-state index contributed by atoms with van der Waals surface area (Å²) in [4.78, 5) is 0. The monoisotopic (exact) mass is 242 g/mol. The summed E-state index contributed by atoms with van der Waals surface area (Å²) in [6, 6.07) is 0. The van der Waals surface area contributed by atoms with Gasteiger partial charge in [0.05, 0.1) is 0 Å². The normalized spacial score (nSPS) is 12.9. The highest BCUT2D eigenvalue weighted by Gasteiger charge is 2.04. The number of nitrogens with two attached hydrogens (primary N) is 1. The van der Waals surface area contributed by atoms with Crippen LogP contribution < -0.4 is 11.1 Å². The topological polar surface area (TPSA) is 38.0 Å². The Labute approximate surface area is 109 Å². The summed E-state index contributed by atoms with van der Waals surface area (Å²) in [7, 11) is 0. The van der Waals surface area contributed by atoms with E-state index < -0.39 is 0 Å². The maximum atomic E-state index is 5.47. The van der Waals surface area contributed by atoms with E-state index in [1.54, 1.807) is 0 Å². The third-order valence-electron chi connectivity index (χ3n) is 3.53. The summed E-state index contributed by atoms with van der Waals surface area (Å²) in [5, 5.41) is 3.61. The minimum Gasteiger partial charge on any atom is -0.330 e. The van der Waals surface area contributed by atoms with Crippen LogP contribution in [0.1, 0.15) is 71.6 Å². The van der Waals surface area contributed by atoms with Crippen LogP contribution in [-0.2, 0) is 0 Å². The van der Waals surface area contributed by atoms with Gasteiger partial charge in [0.1, 0.15) is 0 Å². The van der Waals surface area contributed by atoms with Crippen LogP contribution in [0.3, 0.4) is 0 Å². The number of hydrogen-bond donors (Lipinski definition) is 2. The highest BCUT2D eigenvalue weighted by molar-refractivity contribution is 4.61. The molecule has 3 N–H and O–H groups in total. The van der Waals surface area contributed by atoms with E-state index in [1.807, 2.05) is 0 Å². The zero-order valence-electron chi connectivity index (χ0n) is 12.1. The van der Waals surface area contributed by atoms with Crippen LogP contribution in [0.4, 0.5) is 0 Å². The molecule has 0 rings (SSSR count). The first-order valence-electron chi connectivity index (χ1n) is 7.75. The van der Waals surface area contributed by atoms with Crippen molar-refractivity contribution in [2.24, 2.45) is 11.7 Å². The first kappa shape index (κ1) is 16.9. The molecule has 0 amide bonds. The summed E-state index contributed by atoms with van der Waals surface area (Å²) in [6.45, 7) is 7.87. The highest BCUT2D eigenvalue weighted by Crippen LogP contribution is 2.11. The average Bonchev–Trinajstić information content (AvgIpc) is 2.36. The Morgan fingerprint density at radius 2 is 1.65 bits per heavy atom. The van der Waals surface area contributed by atoms with Crippen LogP contribution in [-0.4, -0.2) is 19.6 Å². The summed E-state index contributed by atoms with van der Waals surface area (Å²) >= 11 is 0. The molecule has 0 aliphatic carbocycles. The van der Waals surface area contributed by atoms with Crippen LogP contribution in [0.5, 0.6) is 0 Å². The molecule has 0 aromatic rings. The van der Waals surface area contributed by atoms with Crippen molar-refractivity contribution < 1.29 is 0 Å². The van der Waals surface area contributed by atoms with Crippen molar-refractivity contribution in [3.8, 4) is 0 Å². The number of unbranched alkanes of at least 4 members (excludes halogenated alkanes) is 5. The number of rotatable bonds is 13. The van der Waals surface area contributed by atoms with Crippen LogP contribution >= 0.6 is 0 Å². The molecule has 1 unspecified atom stereocenters. The van der Waals surface area contributed by atoms with Gasteiger partial charge in [-0.3, -0.25) is 0 Å². The zero-order chi connectivity index (χ0) is 12.8. The molecule has 0 aliphatic heterocycles. The highest BCUT2D eigenvalue weighted by atomic mass is 14.8. The lowest BCUT2D eigenvalue weighted by molar-refractivity contribution is 0.416. The van der Waals surface area contributed by atoms with E-state index in [4.69, 9.17) is 5.73 Å². The molecule has 0 saturated carbocycles. The minimum atomic E-state index is 0.855. The molecule has 2 heteroatoms. The molecule has 2 nitrogen and oxygen atoms in total. The van der Waals surface area contributed by atoms with Gasteiger partial charge in [-0.15, -0.1) is 0 Å². The second-order valence-corrected chi connectivity index (χ2v) is 5.18. The van der Waals surface area contributed by atoms with E-state index in [1.165, 1.54) is 70.9 Å². The van der Waals surface area contributed by atoms with Crippen molar-refractivity contribution in [2.75, 3.05) is 19.6 Å². The quantitative estimate of drug-likeness (QED) is 0.483. The van der Waals surface area contributed by atoms with Crippen molar-refractivity contribution >= 4 is 0 Å². The van der Waals surface area contributed by atoms with Crippen LogP contribution in [0.2, 0.25) is 0 Å². The molecular formula is C15H34N2. The standard InChI is InChI=1S/C15H34N2/c1-3-5-11-15(4-2)14-17-13-10-8-6-7-9-12-16/h15,17H,3-14,16H2,1-2H3. The van der Waals surface area contributed by atoms with Crippen LogP contribution in [0, 0.1) is 5.92 Å². The molecule has 0 bridgehead atoms. The van der Waals surface area contributed by atoms with Crippen molar-refractivity contribution in [2.45, 2.75) is 71.6 Å².